The second-order valence-corrected chi connectivity index (χ2v) is 2.86. The highest BCUT2D eigenvalue weighted by Gasteiger charge is 2.15. The van der Waals surface area contributed by atoms with Crippen LogP contribution in [0.5, 0.6) is 0 Å². The first-order valence-corrected chi connectivity index (χ1v) is 4.46. The van der Waals surface area contributed by atoms with Crippen molar-refractivity contribution in [1.29, 1.82) is 0 Å². The third-order valence-corrected chi connectivity index (χ3v) is 1.55. The molecule has 0 spiro atoms. The van der Waals surface area contributed by atoms with E-state index >= 15 is 0 Å². The molecule has 1 aliphatic rings. The van der Waals surface area contributed by atoms with Crippen molar-refractivity contribution < 1.29 is 14.3 Å². The first kappa shape index (κ1) is 11.2. The van der Waals surface area contributed by atoms with Crippen molar-refractivity contribution in [2.75, 3.05) is 6.61 Å². The van der Waals surface area contributed by atoms with Gasteiger partial charge in [-0.25, -0.2) is 4.79 Å². The van der Waals surface area contributed by atoms with Gasteiger partial charge in [-0.1, -0.05) is 0 Å². The molecular formula is C8H12N4O3. The Morgan fingerprint density at radius 1 is 1.47 bits per heavy atom. The lowest BCUT2D eigenvalue weighted by molar-refractivity contribution is -0.154. The van der Waals surface area contributed by atoms with E-state index in [4.69, 9.17) is 0 Å². The Balaban J connectivity index is 2.26. The number of ether oxygens (including phenoxy) is 1. The summed E-state index contributed by atoms with van der Waals surface area (Å²) in [7, 11) is 0. The number of nitrogens with zero attached hydrogens (tertiary/aromatic N) is 2. The third kappa shape index (κ3) is 3.37. The number of amidine groups is 1. The molecule has 2 N–H and O–H groups in total. The van der Waals surface area contributed by atoms with Crippen LogP contribution in [0.1, 0.15) is 20.3 Å². The molecule has 0 aromatic carbocycles. The van der Waals surface area contributed by atoms with Gasteiger partial charge in [0.25, 0.3) is 0 Å². The fraction of sp³-hybridized carbons (Fsp3) is 0.500. The summed E-state index contributed by atoms with van der Waals surface area (Å²) >= 11 is 0. The van der Waals surface area contributed by atoms with Gasteiger partial charge in [0, 0.05) is 12.1 Å². The molecule has 1 heterocycles. The molecule has 0 saturated heterocycles. The Bertz CT molecular complexity index is 335. The summed E-state index contributed by atoms with van der Waals surface area (Å²) in [5.41, 5.74) is 5.48. The number of rotatable bonds is 1. The lowest BCUT2D eigenvalue weighted by Gasteiger charge is -2.06. The smallest absolute Gasteiger partial charge is 0.398 e. The molecule has 0 fully saturated rings. The van der Waals surface area contributed by atoms with Crippen molar-refractivity contribution in [3.63, 3.8) is 0 Å². The van der Waals surface area contributed by atoms with E-state index in [0.717, 1.165) is 5.71 Å². The molecule has 7 heteroatoms. The number of carbonyl (C=O) groups is 2. The van der Waals surface area contributed by atoms with Crippen LogP contribution in [0.15, 0.2) is 10.2 Å². The Morgan fingerprint density at radius 3 is 2.73 bits per heavy atom. The lowest BCUT2D eigenvalue weighted by Crippen LogP contribution is -2.45. The summed E-state index contributed by atoms with van der Waals surface area (Å²) in [6, 6.07) is 0. The summed E-state index contributed by atoms with van der Waals surface area (Å²) in [5.74, 6) is -1.30. The molecule has 0 aliphatic carbocycles. The zero-order chi connectivity index (χ0) is 11.3. The number of nitrogens with one attached hydrogen (secondary N) is 2. The number of carbonyl (C=O) groups excluding carboxylic acids is 2. The lowest BCUT2D eigenvalue weighted by atomic mass is 10.3. The van der Waals surface area contributed by atoms with Crippen LogP contribution < -0.4 is 10.9 Å². The largest absolute Gasteiger partial charge is 0.459 e. The maximum absolute atomic E-state index is 11.0. The van der Waals surface area contributed by atoms with Gasteiger partial charge in [0.15, 0.2) is 0 Å². The minimum absolute atomic E-state index is 0.162. The molecule has 0 unspecified atom stereocenters. The monoisotopic (exact) mass is 212 g/mol. The maximum atomic E-state index is 11.0. The summed E-state index contributed by atoms with van der Waals surface area (Å²) < 4.78 is 4.48. The van der Waals surface area contributed by atoms with Crippen LogP contribution in [0.4, 0.5) is 0 Å². The fourth-order valence-corrected chi connectivity index (χ4v) is 0.905. The first-order chi connectivity index (χ1) is 7.13. The summed E-state index contributed by atoms with van der Waals surface area (Å²) in [6.45, 7) is 3.59. The van der Waals surface area contributed by atoms with Crippen molar-refractivity contribution in [2.45, 2.75) is 20.3 Å². The van der Waals surface area contributed by atoms with Crippen LogP contribution in [-0.2, 0) is 14.3 Å². The van der Waals surface area contributed by atoms with Gasteiger partial charge in [-0.3, -0.25) is 15.6 Å². The van der Waals surface area contributed by atoms with Crippen molar-refractivity contribution in [3.05, 3.63) is 0 Å². The zero-order valence-corrected chi connectivity index (χ0v) is 8.53. The molecule has 82 valence electrons. The third-order valence-electron chi connectivity index (χ3n) is 1.55. The van der Waals surface area contributed by atoms with Gasteiger partial charge in [-0.05, 0) is 13.8 Å². The van der Waals surface area contributed by atoms with Gasteiger partial charge in [0.05, 0.1) is 6.61 Å². The van der Waals surface area contributed by atoms with Crippen molar-refractivity contribution in [3.8, 4) is 0 Å². The number of hydrazine groups is 1. The van der Waals surface area contributed by atoms with E-state index < -0.39 is 11.9 Å². The van der Waals surface area contributed by atoms with Gasteiger partial charge in [-0.2, -0.15) is 5.10 Å². The van der Waals surface area contributed by atoms with E-state index in [1.165, 1.54) is 0 Å². The zero-order valence-electron chi connectivity index (χ0n) is 8.53. The quantitative estimate of drug-likeness (QED) is 0.343. The van der Waals surface area contributed by atoms with E-state index in [2.05, 4.69) is 25.8 Å². The molecule has 0 saturated carbocycles. The van der Waals surface area contributed by atoms with Gasteiger partial charge in [0.1, 0.15) is 5.84 Å². The van der Waals surface area contributed by atoms with Gasteiger partial charge < -0.3 is 4.74 Å². The Hall–Kier alpha value is -1.92. The Morgan fingerprint density at radius 2 is 2.20 bits per heavy atom. The molecule has 1 aliphatic heterocycles. The van der Waals surface area contributed by atoms with E-state index in [0.29, 0.717) is 12.3 Å². The van der Waals surface area contributed by atoms with Gasteiger partial charge >= 0.3 is 11.9 Å². The number of hydrogen-bond acceptors (Lipinski definition) is 6. The van der Waals surface area contributed by atoms with Crippen LogP contribution in [-0.4, -0.2) is 30.0 Å². The normalized spacial score (nSPS) is 14.0. The number of amides is 1. The molecule has 7 nitrogen and oxygen atoms in total. The molecule has 0 bridgehead atoms. The van der Waals surface area contributed by atoms with Crippen LogP contribution in [0, 0.1) is 0 Å². The van der Waals surface area contributed by atoms with E-state index in [1.807, 2.05) is 6.92 Å². The highest BCUT2D eigenvalue weighted by Crippen LogP contribution is 1.97. The molecule has 0 radical (unpaired) electrons. The molecule has 0 aromatic heterocycles. The highest BCUT2D eigenvalue weighted by molar-refractivity contribution is 6.32. The molecule has 1 rings (SSSR count). The van der Waals surface area contributed by atoms with E-state index in [-0.39, 0.29) is 6.61 Å². The standard InChI is InChI=1S/C8H12N4O3/c1-3-15-8(14)7(13)12-11-6-4-5(2)9-10-6/h3-4H2,1-2H3,(H,10,11)(H,12,13). The van der Waals surface area contributed by atoms with Crippen molar-refractivity contribution >= 4 is 23.4 Å². The summed E-state index contributed by atoms with van der Waals surface area (Å²) in [5, 5.41) is 7.47. The molecule has 0 aromatic rings. The fourth-order valence-electron chi connectivity index (χ4n) is 0.905. The minimum Gasteiger partial charge on any atom is -0.459 e. The highest BCUT2D eigenvalue weighted by atomic mass is 16.5. The average molecular weight is 212 g/mol. The minimum atomic E-state index is -0.929. The Kier molecular flexibility index (Phi) is 3.78. The van der Waals surface area contributed by atoms with Crippen molar-refractivity contribution in [1.82, 2.24) is 10.9 Å². The summed E-state index contributed by atoms with van der Waals surface area (Å²) in [4.78, 5) is 21.9. The topological polar surface area (TPSA) is 92.2 Å². The predicted molar refractivity (Wildman–Crippen MR) is 53.1 cm³/mol. The maximum Gasteiger partial charge on any atom is 0.398 e. The van der Waals surface area contributed by atoms with E-state index in [1.54, 1.807) is 6.92 Å². The second-order valence-electron chi connectivity index (χ2n) is 2.86. The van der Waals surface area contributed by atoms with Gasteiger partial charge in [0.2, 0.25) is 0 Å². The average Bonchev–Trinajstić information content (AvgIpc) is 2.61. The van der Waals surface area contributed by atoms with Crippen molar-refractivity contribution in [2.24, 2.45) is 10.2 Å². The van der Waals surface area contributed by atoms with Crippen LogP contribution >= 0.6 is 0 Å². The number of hydrogen-bond donors (Lipinski definition) is 2. The number of esters is 1. The van der Waals surface area contributed by atoms with Gasteiger partial charge in [-0.15, -0.1) is 5.10 Å². The molecule has 0 atom stereocenters. The molecule has 1 amide bonds. The molecular weight excluding hydrogens is 200 g/mol. The SMILES string of the molecule is CCOC(=O)C(=O)NNC1=NN=C(C)C1. The van der Waals surface area contributed by atoms with Crippen LogP contribution in [0.2, 0.25) is 0 Å². The Labute approximate surface area is 86.6 Å². The molecule has 15 heavy (non-hydrogen) atoms. The van der Waals surface area contributed by atoms with E-state index in [9.17, 15) is 9.59 Å². The second kappa shape index (κ2) is 5.08. The predicted octanol–water partition coefficient (Wildman–Crippen LogP) is -0.652. The summed E-state index contributed by atoms with van der Waals surface area (Å²) in [6.07, 6.45) is 0.531. The van der Waals surface area contributed by atoms with Crippen LogP contribution in [0.25, 0.3) is 0 Å². The van der Waals surface area contributed by atoms with Crippen LogP contribution in [0.3, 0.4) is 0 Å². The first-order valence-electron chi connectivity index (χ1n) is 4.46.